The van der Waals surface area contributed by atoms with Gasteiger partial charge in [0.1, 0.15) is 12.2 Å². The van der Waals surface area contributed by atoms with E-state index in [0.717, 1.165) is 0 Å². The quantitative estimate of drug-likeness (QED) is 0.844. The molecule has 0 saturated carbocycles. The Kier molecular flexibility index (Phi) is 5.11. The number of ether oxygens (including phenoxy) is 5. The highest BCUT2D eigenvalue weighted by atomic mass is 16.5. The minimum absolute atomic E-state index is 0.337. The predicted molar refractivity (Wildman–Crippen MR) is 93.4 cm³/mol. The zero-order valence-electron chi connectivity index (χ0n) is 15.1. The fourth-order valence-electron chi connectivity index (χ4n) is 3.11. The third-order valence-electron chi connectivity index (χ3n) is 4.46. The van der Waals surface area contributed by atoms with Crippen LogP contribution in [-0.4, -0.2) is 44.8 Å². The van der Waals surface area contributed by atoms with Gasteiger partial charge in [-0.15, -0.1) is 0 Å². The Labute approximate surface area is 151 Å². The molecule has 140 valence electrons. The van der Waals surface area contributed by atoms with E-state index >= 15 is 0 Å². The van der Waals surface area contributed by atoms with Crippen molar-refractivity contribution in [1.82, 2.24) is 0 Å². The van der Waals surface area contributed by atoms with E-state index in [1.165, 1.54) is 21.3 Å². The predicted octanol–water partition coefficient (Wildman–Crippen LogP) is 2.25. The summed E-state index contributed by atoms with van der Waals surface area (Å²) in [5.41, 5.74) is 1.07. The average molecular weight is 362 g/mol. The number of fused-ring (bicyclic) bond motifs is 1. The molecule has 1 aliphatic rings. The van der Waals surface area contributed by atoms with Gasteiger partial charge < -0.3 is 33.9 Å². The zero-order valence-corrected chi connectivity index (χ0v) is 15.1. The molecule has 2 N–H and O–H groups in total. The lowest BCUT2D eigenvalue weighted by Crippen LogP contribution is -2.34. The lowest BCUT2D eigenvalue weighted by Gasteiger charge is -2.35. The second-order valence-electron chi connectivity index (χ2n) is 5.81. The van der Waals surface area contributed by atoms with E-state index in [1.54, 1.807) is 37.4 Å². The van der Waals surface area contributed by atoms with Crippen LogP contribution < -0.4 is 23.7 Å². The molecule has 0 fully saturated rings. The van der Waals surface area contributed by atoms with Gasteiger partial charge in [0.25, 0.3) is 0 Å². The molecule has 26 heavy (non-hydrogen) atoms. The van der Waals surface area contributed by atoms with Crippen LogP contribution in [0.1, 0.15) is 23.3 Å². The maximum absolute atomic E-state index is 10.6. The Bertz CT molecular complexity index is 790. The van der Waals surface area contributed by atoms with E-state index in [-0.39, 0.29) is 0 Å². The molecule has 0 aromatic heterocycles. The van der Waals surface area contributed by atoms with Gasteiger partial charge >= 0.3 is 0 Å². The summed E-state index contributed by atoms with van der Waals surface area (Å²) >= 11 is 0. The van der Waals surface area contributed by atoms with E-state index in [0.29, 0.717) is 39.9 Å². The maximum Gasteiger partial charge on any atom is 0.203 e. The van der Waals surface area contributed by atoms with Gasteiger partial charge in [-0.1, -0.05) is 6.07 Å². The number of methoxy groups -OCH3 is 4. The summed E-state index contributed by atoms with van der Waals surface area (Å²) in [7, 11) is 6.08. The summed E-state index contributed by atoms with van der Waals surface area (Å²) < 4.78 is 27.3. The van der Waals surface area contributed by atoms with E-state index in [2.05, 4.69) is 0 Å². The van der Waals surface area contributed by atoms with Gasteiger partial charge in [0.2, 0.25) is 5.75 Å². The second-order valence-corrected chi connectivity index (χ2v) is 5.81. The highest BCUT2D eigenvalue weighted by molar-refractivity contribution is 5.58. The van der Waals surface area contributed by atoms with Crippen molar-refractivity contribution < 1.29 is 33.9 Å². The van der Waals surface area contributed by atoms with E-state index < -0.39 is 18.3 Å². The number of hydrogen-bond donors (Lipinski definition) is 2. The fourth-order valence-corrected chi connectivity index (χ4v) is 3.11. The van der Waals surface area contributed by atoms with Crippen LogP contribution in [0.4, 0.5) is 0 Å². The largest absolute Gasteiger partial charge is 0.493 e. The summed E-state index contributed by atoms with van der Waals surface area (Å²) in [6, 6.07) is 8.48. The first-order chi connectivity index (χ1) is 12.5. The molecule has 3 rings (SSSR count). The smallest absolute Gasteiger partial charge is 0.203 e. The van der Waals surface area contributed by atoms with Crippen LogP contribution in [0.25, 0.3) is 0 Å². The molecular weight excluding hydrogens is 340 g/mol. The number of benzene rings is 2. The van der Waals surface area contributed by atoms with Crippen LogP contribution >= 0.6 is 0 Å². The third-order valence-corrected chi connectivity index (χ3v) is 4.46. The molecule has 1 heterocycles. The minimum atomic E-state index is -1.17. The van der Waals surface area contributed by atoms with Crippen molar-refractivity contribution >= 4 is 0 Å². The SMILES string of the molecule is COc1ccc([C@H]2Oc3c(ccc(OC)c3OC)[C@@H](O)[C@H]2O)cc1OC. The molecule has 3 atom stereocenters. The van der Waals surface area contributed by atoms with Crippen molar-refractivity contribution in [3.63, 3.8) is 0 Å². The van der Waals surface area contributed by atoms with Gasteiger partial charge in [-0.2, -0.15) is 0 Å². The highest BCUT2D eigenvalue weighted by Gasteiger charge is 2.39. The Morgan fingerprint density at radius 1 is 0.808 bits per heavy atom. The lowest BCUT2D eigenvalue weighted by molar-refractivity contribution is -0.0710. The monoisotopic (exact) mass is 362 g/mol. The average Bonchev–Trinajstić information content (AvgIpc) is 2.68. The molecule has 0 unspecified atom stereocenters. The molecule has 2 aromatic rings. The number of aliphatic hydroxyl groups excluding tert-OH is 2. The molecule has 7 heteroatoms. The van der Waals surface area contributed by atoms with Gasteiger partial charge in [-0.05, 0) is 29.8 Å². The molecule has 0 saturated heterocycles. The normalized spacial score (nSPS) is 21.4. The highest BCUT2D eigenvalue weighted by Crippen LogP contribution is 2.50. The summed E-state index contributed by atoms with van der Waals surface area (Å²) in [6.45, 7) is 0. The molecule has 0 aliphatic carbocycles. The Morgan fingerprint density at radius 3 is 2.08 bits per heavy atom. The molecule has 7 nitrogen and oxygen atoms in total. The second kappa shape index (κ2) is 7.31. The minimum Gasteiger partial charge on any atom is -0.493 e. The van der Waals surface area contributed by atoms with Gasteiger partial charge in [-0.3, -0.25) is 0 Å². The third kappa shape index (κ3) is 2.89. The van der Waals surface area contributed by atoms with Crippen molar-refractivity contribution in [3.8, 4) is 28.7 Å². The van der Waals surface area contributed by atoms with E-state index in [1.807, 2.05) is 0 Å². The van der Waals surface area contributed by atoms with Crippen LogP contribution in [0.5, 0.6) is 28.7 Å². The first-order valence-corrected chi connectivity index (χ1v) is 8.05. The first-order valence-electron chi connectivity index (χ1n) is 8.05. The Balaban J connectivity index is 2.07. The number of aliphatic hydroxyl groups is 2. The van der Waals surface area contributed by atoms with Crippen molar-refractivity contribution in [1.29, 1.82) is 0 Å². The standard InChI is InChI=1S/C19H22O7/c1-22-12-7-5-10(9-14(12)24-3)17-16(21)15(20)11-6-8-13(23-2)19(25-4)18(11)26-17/h5-9,15-17,20-21H,1-4H3/t15-,16-,17-/m1/s1. The summed E-state index contributed by atoms with van der Waals surface area (Å²) in [4.78, 5) is 0. The molecule has 1 aliphatic heterocycles. The van der Waals surface area contributed by atoms with Crippen LogP contribution in [0.2, 0.25) is 0 Å². The van der Waals surface area contributed by atoms with E-state index in [4.69, 9.17) is 23.7 Å². The maximum atomic E-state index is 10.6. The Hall–Kier alpha value is -2.64. The van der Waals surface area contributed by atoms with Gasteiger partial charge in [-0.25, -0.2) is 0 Å². The fraction of sp³-hybridized carbons (Fsp3) is 0.368. The lowest BCUT2D eigenvalue weighted by atomic mass is 9.91. The molecular formula is C19H22O7. The number of rotatable bonds is 5. The van der Waals surface area contributed by atoms with Gasteiger partial charge in [0, 0.05) is 5.56 Å². The Morgan fingerprint density at radius 2 is 1.46 bits per heavy atom. The van der Waals surface area contributed by atoms with Crippen molar-refractivity contribution in [2.45, 2.75) is 18.3 Å². The van der Waals surface area contributed by atoms with Gasteiger partial charge in [0.15, 0.2) is 29.1 Å². The zero-order chi connectivity index (χ0) is 18.8. The van der Waals surface area contributed by atoms with Crippen molar-refractivity contribution in [2.24, 2.45) is 0 Å². The first kappa shape index (κ1) is 18.2. The van der Waals surface area contributed by atoms with E-state index in [9.17, 15) is 10.2 Å². The van der Waals surface area contributed by atoms with Crippen LogP contribution in [-0.2, 0) is 0 Å². The van der Waals surface area contributed by atoms with Crippen LogP contribution in [0, 0.1) is 0 Å². The summed E-state index contributed by atoms with van der Waals surface area (Å²) in [5, 5.41) is 21.2. The van der Waals surface area contributed by atoms with Gasteiger partial charge in [0.05, 0.1) is 28.4 Å². The molecule has 2 aromatic carbocycles. The molecule has 0 spiro atoms. The topological polar surface area (TPSA) is 86.6 Å². The molecule has 0 amide bonds. The van der Waals surface area contributed by atoms with Crippen LogP contribution in [0.3, 0.4) is 0 Å². The van der Waals surface area contributed by atoms with Crippen LogP contribution in [0.15, 0.2) is 30.3 Å². The van der Waals surface area contributed by atoms with Crippen molar-refractivity contribution in [2.75, 3.05) is 28.4 Å². The molecule has 0 bridgehead atoms. The van der Waals surface area contributed by atoms with Crippen molar-refractivity contribution in [3.05, 3.63) is 41.5 Å². The summed E-state index contributed by atoms with van der Waals surface area (Å²) in [6.07, 6.45) is -3.13. The number of hydrogen-bond acceptors (Lipinski definition) is 7. The summed E-state index contributed by atoms with van der Waals surface area (Å²) in [5.74, 6) is 2.23. The molecule has 0 radical (unpaired) electrons.